The molecule has 0 amide bonds. The number of benzene rings is 4. The summed E-state index contributed by atoms with van der Waals surface area (Å²) >= 11 is 12.2. The lowest BCUT2D eigenvalue weighted by Crippen LogP contribution is -2.31. The molecule has 38 heavy (non-hydrogen) atoms. The zero-order chi connectivity index (χ0) is 27.4. The zero-order valence-electron chi connectivity index (χ0n) is 20.0. The quantitative estimate of drug-likeness (QED) is 0.206. The summed E-state index contributed by atoms with van der Waals surface area (Å²) in [6.45, 7) is 1.40. The topological polar surface area (TPSA) is 63.7 Å². The summed E-state index contributed by atoms with van der Waals surface area (Å²) in [7, 11) is -4.13. The van der Waals surface area contributed by atoms with Gasteiger partial charge in [0, 0.05) is 10.6 Å². The van der Waals surface area contributed by atoms with Gasteiger partial charge in [-0.25, -0.2) is 22.0 Å². The minimum atomic E-state index is -4.13. The van der Waals surface area contributed by atoms with Crippen LogP contribution in [-0.4, -0.2) is 14.4 Å². The molecule has 196 valence electrons. The molecular formula is C28H21Cl2F2NO4S. The summed E-state index contributed by atoms with van der Waals surface area (Å²) in [5, 5.41) is 0.166. The highest BCUT2D eigenvalue weighted by molar-refractivity contribution is 7.92. The molecule has 4 aromatic carbocycles. The molecule has 0 unspecified atom stereocenters. The van der Waals surface area contributed by atoms with E-state index in [9.17, 15) is 22.0 Å². The molecule has 5 nitrogen and oxygen atoms in total. The van der Waals surface area contributed by atoms with E-state index in [0.29, 0.717) is 11.1 Å². The van der Waals surface area contributed by atoms with Crippen LogP contribution >= 0.6 is 23.2 Å². The Morgan fingerprint density at radius 1 is 0.842 bits per heavy atom. The van der Waals surface area contributed by atoms with Crippen LogP contribution in [0.15, 0.2) is 89.8 Å². The predicted molar refractivity (Wildman–Crippen MR) is 143 cm³/mol. The SMILES string of the molecule is Cc1ccc(S(=O)(=O)N(Cc2ccc(F)cc2Cl)c2cccc(C(=O)OCc3ccc(F)cc3Cl)c2)cc1. The first-order valence-electron chi connectivity index (χ1n) is 11.3. The van der Waals surface area contributed by atoms with Crippen LogP contribution < -0.4 is 4.31 Å². The number of hydrogen-bond donors (Lipinski definition) is 0. The van der Waals surface area contributed by atoms with Crippen molar-refractivity contribution in [1.29, 1.82) is 0 Å². The molecule has 4 rings (SSSR count). The van der Waals surface area contributed by atoms with Gasteiger partial charge in [0.1, 0.15) is 18.2 Å². The van der Waals surface area contributed by atoms with Crippen molar-refractivity contribution in [2.75, 3.05) is 4.31 Å². The molecule has 0 fully saturated rings. The Balaban J connectivity index is 1.68. The molecule has 4 aromatic rings. The average molecular weight is 576 g/mol. The number of nitrogens with zero attached hydrogens (tertiary/aromatic N) is 1. The number of sulfonamides is 1. The molecule has 0 saturated heterocycles. The summed E-state index contributed by atoms with van der Waals surface area (Å²) in [6.07, 6.45) is 0. The van der Waals surface area contributed by atoms with Gasteiger partial charge in [0.05, 0.1) is 27.7 Å². The lowest BCUT2D eigenvalue weighted by atomic mass is 10.1. The Labute approximate surface area is 229 Å². The first kappa shape index (κ1) is 27.6. The maximum atomic E-state index is 13.7. The fourth-order valence-corrected chi connectivity index (χ4v) is 5.49. The van der Waals surface area contributed by atoms with Gasteiger partial charge in [-0.3, -0.25) is 4.31 Å². The van der Waals surface area contributed by atoms with Gasteiger partial charge >= 0.3 is 5.97 Å². The Hall–Kier alpha value is -3.46. The van der Waals surface area contributed by atoms with Gasteiger partial charge in [-0.2, -0.15) is 0 Å². The van der Waals surface area contributed by atoms with Crippen molar-refractivity contribution in [1.82, 2.24) is 0 Å². The number of hydrogen-bond acceptors (Lipinski definition) is 4. The van der Waals surface area contributed by atoms with E-state index in [1.807, 2.05) is 6.92 Å². The Morgan fingerprint density at radius 3 is 2.05 bits per heavy atom. The van der Waals surface area contributed by atoms with Gasteiger partial charge in [0.15, 0.2) is 0 Å². The van der Waals surface area contributed by atoms with Crippen LogP contribution in [0.2, 0.25) is 10.0 Å². The van der Waals surface area contributed by atoms with Crippen molar-refractivity contribution < 1.29 is 26.7 Å². The number of carbonyl (C=O) groups excluding carboxylic acids is 1. The van der Waals surface area contributed by atoms with Crippen LogP contribution in [0.4, 0.5) is 14.5 Å². The first-order valence-corrected chi connectivity index (χ1v) is 13.5. The van der Waals surface area contributed by atoms with Crippen LogP contribution in [0.25, 0.3) is 0 Å². The van der Waals surface area contributed by atoms with Gasteiger partial charge in [-0.1, -0.05) is 59.1 Å². The molecule has 0 spiro atoms. The molecule has 0 saturated carbocycles. The number of esters is 1. The Kier molecular flexibility index (Phi) is 8.35. The Morgan fingerprint density at radius 2 is 1.45 bits per heavy atom. The highest BCUT2D eigenvalue weighted by Gasteiger charge is 2.27. The van der Waals surface area contributed by atoms with Crippen molar-refractivity contribution in [3.05, 3.63) is 129 Å². The highest BCUT2D eigenvalue weighted by atomic mass is 35.5. The Bertz CT molecular complexity index is 1600. The van der Waals surface area contributed by atoms with Gasteiger partial charge in [0.25, 0.3) is 10.0 Å². The fraction of sp³-hybridized carbons (Fsp3) is 0.107. The summed E-state index contributed by atoms with van der Waals surface area (Å²) < 4.78 is 60.8. The second-order valence-electron chi connectivity index (χ2n) is 8.42. The van der Waals surface area contributed by atoms with E-state index in [2.05, 4.69) is 0 Å². The van der Waals surface area contributed by atoms with Crippen molar-refractivity contribution in [2.24, 2.45) is 0 Å². The number of ether oxygens (including phenoxy) is 1. The van der Waals surface area contributed by atoms with Crippen LogP contribution in [0.1, 0.15) is 27.0 Å². The van der Waals surface area contributed by atoms with E-state index in [4.69, 9.17) is 27.9 Å². The number of anilines is 1. The largest absolute Gasteiger partial charge is 0.457 e. The number of rotatable bonds is 8. The fourth-order valence-electron chi connectivity index (χ4n) is 3.61. The third-order valence-corrected chi connectivity index (χ3v) is 8.17. The third-order valence-electron chi connectivity index (χ3n) is 5.68. The molecule has 0 aliphatic carbocycles. The average Bonchev–Trinajstić information content (AvgIpc) is 2.88. The highest BCUT2D eigenvalue weighted by Crippen LogP contribution is 2.30. The van der Waals surface area contributed by atoms with Gasteiger partial charge in [-0.05, 0) is 67.1 Å². The minimum Gasteiger partial charge on any atom is -0.457 e. The van der Waals surface area contributed by atoms with E-state index >= 15 is 0 Å². The molecular weight excluding hydrogens is 555 g/mol. The maximum Gasteiger partial charge on any atom is 0.338 e. The van der Waals surface area contributed by atoms with E-state index < -0.39 is 27.6 Å². The molecule has 0 aliphatic rings. The van der Waals surface area contributed by atoms with Crippen LogP contribution in [0.3, 0.4) is 0 Å². The van der Waals surface area contributed by atoms with Crippen molar-refractivity contribution in [3.63, 3.8) is 0 Å². The number of halogens is 4. The molecule has 10 heteroatoms. The summed E-state index contributed by atoms with van der Waals surface area (Å²) in [4.78, 5) is 12.8. The summed E-state index contributed by atoms with van der Waals surface area (Å²) in [5.74, 6) is -1.81. The van der Waals surface area contributed by atoms with Gasteiger partial charge in [0.2, 0.25) is 0 Å². The maximum absolute atomic E-state index is 13.7. The summed E-state index contributed by atoms with van der Waals surface area (Å²) in [5.41, 5.74) is 1.90. The van der Waals surface area contributed by atoms with Crippen LogP contribution in [0, 0.1) is 18.6 Å². The zero-order valence-corrected chi connectivity index (χ0v) is 22.3. The van der Waals surface area contributed by atoms with E-state index in [1.165, 1.54) is 60.7 Å². The standard InChI is InChI=1S/C28H21Cl2F2NO4S/c1-18-5-11-25(12-6-18)38(35,36)33(16-20-7-9-22(31)14-26(20)29)24-4-2-3-19(13-24)28(34)37-17-21-8-10-23(32)15-27(21)30/h2-15H,16-17H2,1H3. The number of carbonyl (C=O) groups is 1. The summed E-state index contributed by atoms with van der Waals surface area (Å²) in [6, 6.07) is 19.6. The van der Waals surface area contributed by atoms with E-state index in [-0.39, 0.29) is 39.3 Å². The van der Waals surface area contributed by atoms with Crippen molar-refractivity contribution in [2.45, 2.75) is 25.0 Å². The number of aryl methyl sites for hydroxylation is 1. The molecule has 0 N–H and O–H groups in total. The molecule has 0 aromatic heterocycles. The normalized spacial score (nSPS) is 11.3. The smallest absolute Gasteiger partial charge is 0.338 e. The van der Waals surface area contributed by atoms with E-state index in [1.54, 1.807) is 12.1 Å². The molecule has 0 bridgehead atoms. The monoisotopic (exact) mass is 575 g/mol. The van der Waals surface area contributed by atoms with Crippen molar-refractivity contribution in [3.8, 4) is 0 Å². The molecule has 0 heterocycles. The van der Waals surface area contributed by atoms with E-state index in [0.717, 1.165) is 22.0 Å². The predicted octanol–water partition coefficient (Wildman–Crippen LogP) is 7.33. The van der Waals surface area contributed by atoms with Crippen molar-refractivity contribution >= 4 is 44.9 Å². The second-order valence-corrected chi connectivity index (χ2v) is 11.1. The molecule has 0 aliphatic heterocycles. The van der Waals surface area contributed by atoms with Gasteiger partial charge in [-0.15, -0.1) is 0 Å². The molecule has 0 atom stereocenters. The van der Waals surface area contributed by atoms with Gasteiger partial charge < -0.3 is 4.74 Å². The minimum absolute atomic E-state index is 0.0280. The molecule has 0 radical (unpaired) electrons. The third kappa shape index (κ3) is 6.32. The van der Waals surface area contributed by atoms with Crippen LogP contribution in [-0.2, 0) is 27.9 Å². The lowest BCUT2D eigenvalue weighted by Gasteiger charge is -2.25. The first-order chi connectivity index (χ1) is 18.0. The second kappa shape index (κ2) is 11.5. The lowest BCUT2D eigenvalue weighted by molar-refractivity contribution is 0.0473. The van der Waals surface area contributed by atoms with Crippen LogP contribution in [0.5, 0.6) is 0 Å².